The molecule has 3 nitrogen and oxygen atoms in total. The van der Waals surface area contributed by atoms with Crippen molar-refractivity contribution in [3.63, 3.8) is 0 Å². The van der Waals surface area contributed by atoms with Gasteiger partial charge in [-0.1, -0.05) is 0 Å². The third-order valence-corrected chi connectivity index (χ3v) is 1.00. The molecule has 0 unspecified atom stereocenters. The van der Waals surface area contributed by atoms with Crippen molar-refractivity contribution < 1.29 is 15.3 Å². The Morgan fingerprint density at radius 1 is 1.44 bits per heavy atom. The minimum absolute atomic E-state index is 0.141. The second-order valence-electron chi connectivity index (χ2n) is 2.08. The molecule has 9 heavy (non-hydrogen) atoms. The highest BCUT2D eigenvalue weighted by Gasteiger charge is 2.07. The Morgan fingerprint density at radius 2 is 1.89 bits per heavy atom. The van der Waals surface area contributed by atoms with Crippen molar-refractivity contribution in [3.05, 3.63) is 11.3 Å². The molecule has 0 heterocycles. The summed E-state index contributed by atoms with van der Waals surface area (Å²) in [6, 6.07) is 0. The van der Waals surface area contributed by atoms with Crippen LogP contribution in [0.5, 0.6) is 0 Å². The van der Waals surface area contributed by atoms with Gasteiger partial charge in [0.05, 0.1) is 6.61 Å². The fraction of sp³-hybridized carbons (Fsp3) is 0.667. The van der Waals surface area contributed by atoms with Gasteiger partial charge in [-0.3, -0.25) is 0 Å². The average Bonchev–Trinajstić information content (AvgIpc) is 1.84. The maximum Gasteiger partial charge on any atom is 0.134 e. The molecule has 0 aromatic carbocycles. The molecular formula is C6H12O3. The molecule has 0 aliphatic rings. The quantitative estimate of drug-likeness (QED) is 0.470. The largest absolute Gasteiger partial charge is 0.510 e. The molecule has 0 aliphatic carbocycles. The van der Waals surface area contributed by atoms with E-state index >= 15 is 0 Å². The Morgan fingerprint density at radius 3 is 2.00 bits per heavy atom. The molecule has 1 atom stereocenters. The van der Waals surface area contributed by atoms with Crippen LogP contribution in [-0.2, 0) is 0 Å². The highest BCUT2D eigenvalue weighted by Crippen LogP contribution is 2.03. The number of allylic oxidation sites excluding steroid dienone is 1. The first kappa shape index (κ1) is 8.46. The molecule has 0 saturated carbocycles. The van der Waals surface area contributed by atoms with E-state index in [1.54, 1.807) is 13.8 Å². The lowest BCUT2D eigenvalue weighted by atomic mass is 10.2. The molecule has 54 valence electrons. The van der Waals surface area contributed by atoms with Gasteiger partial charge in [-0.15, -0.1) is 0 Å². The van der Waals surface area contributed by atoms with Crippen LogP contribution in [0, 0.1) is 0 Å². The van der Waals surface area contributed by atoms with Crippen LogP contribution in [0.1, 0.15) is 13.8 Å². The van der Waals surface area contributed by atoms with Crippen molar-refractivity contribution in [3.8, 4) is 0 Å². The molecular weight excluding hydrogens is 120 g/mol. The summed E-state index contributed by atoms with van der Waals surface area (Å²) < 4.78 is 0. The van der Waals surface area contributed by atoms with Crippen LogP contribution in [0.15, 0.2) is 11.3 Å². The van der Waals surface area contributed by atoms with Gasteiger partial charge < -0.3 is 15.3 Å². The summed E-state index contributed by atoms with van der Waals surface area (Å²) in [6.45, 7) is 2.89. The molecule has 3 N–H and O–H groups in total. The van der Waals surface area contributed by atoms with E-state index in [1.807, 2.05) is 0 Å². The van der Waals surface area contributed by atoms with Gasteiger partial charge in [-0.2, -0.15) is 0 Å². The van der Waals surface area contributed by atoms with Crippen LogP contribution in [0.3, 0.4) is 0 Å². The van der Waals surface area contributed by atoms with Crippen LogP contribution in [0.2, 0.25) is 0 Å². The van der Waals surface area contributed by atoms with Gasteiger partial charge in [0.1, 0.15) is 11.9 Å². The Bertz CT molecular complexity index is 113. The normalized spacial score (nSPS) is 12.9. The van der Waals surface area contributed by atoms with Crippen molar-refractivity contribution >= 4 is 0 Å². The Balaban J connectivity index is 4.02. The van der Waals surface area contributed by atoms with E-state index in [4.69, 9.17) is 15.3 Å². The topological polar surface area (TPSA) is 60.7 Å². The Hall–Kier alpha value is -0.540. The standard InChI is InChI=1S/C6H12O3/c1-4(2)6(9)5(8)3-7/h5,7-9H,3H2,1-2H3/t5-/m1/s1. The third-order valence-electron chi connectivity index (χ3n) is 1.00. The predicted molar refractivity (Wildman–Crippen MR) is 34.1 cm³/mol. The maximum absolute atomic E-state index is 8.86. The molecule has 0 bridgehead atoms. The predicted octanol–water partition coefficient (Wildman–Crippen LogP) is 0.192. The second kappa shape index (κ2) is 3.48. The van der Waals surface area contributed by atoms with Crippen molar-refractivity contribution in [2.75, 3.05) is 6.61 Å². The number of hydrogen-bond acceptors (Lipinski definition) is 3. The van der Waals surface area contributed by atoms with Gasteiger partial charge in [0, 0.05) is 0 Å². The molecule has 0 saturated heterocycles. The number of rotatable bonds is 2. The monoisotopic (exact) mass is 132 g/mol. The summed E-state index contributed by atoms with van der Waals surface area (Å²) in [5, 5.41) is 25.9. The van der Waals surface area contributed by atoms with Gasteiger partial charge in [-0.25, -0.2) is 0 Å². The van der Waals surface area contributed by atoms with Gasteiger partial charge in [0.25, 0.3) is 0 Å². The van der Waals surface area contributed by atoms with Crippen molar-refractivity contribution in [2.45, 2.75) is 20.0 Å². The fourth-order valence-corrected chi connectivity index (χ4v) is 0.420. The summed E-state index contributed by atoms with van der Waals surface area (Å²) in [6.07, 6.45) is -1.12. The number of aliphatic hydroxyl groups is 3. The number of aliphatic hydroxyl groups excluding tert-OH is 3. The molecule has 3 heteroatoms. The van der Waals surface area contributed by atoms with Crippen LogP contribution < -0.4 is 0 Å². The smallest absolute Gasteiger partial charge is 0.134 e. The maximum atomic E-state index is 8.86. The minimum atomic E-state index is -1.12. The fourth-order valence-electron chi connectivity index (χ4n) is 0.420. The summed E-state index contributed by atoms with van der Waals surface area (Å²) >= 11 is 0. The molecule has 0 aromatic rings. The zero-order chi connectivity index (χ0) is 7.44. The lowest BCUT2D eigenvalue weighted by molar-refractivity contribution is 0.0856. The van der Waals surface area contributed by atoms with Crippen LogP contribution in [0.4, 0.5) is 0 Å². The third kappa shape index (κ3) is 2.49. The molecule has 0 spiro atoms. The summed E-state index contributed by atoms with van der Waals surface area (Å²) in [5.41, 5.74) is 0.622. The first-order chi connectivity index (χ1) is 4.09. The van der Waals surface area contributed by atoms with Crippen LogP contribution in [-0.4, -0.2) is 28.0 Å². The Labute approximate surface area is 54.3 Å². The van der Waals surface area contributed by atoms with E-state index in [0.717, 1.165) is 0 Å². The lowest BCUT2D eigenvalue weighted by Gasteiger charge is -2.06. The molecule has 0 rings (SSSR count). The average molecular weight is 132 g/mol. The van der Waals surface area contributed by atoms with Gasteiger partial charge in [0.15, 0.2) is 0 Å². The zero-order valence-electron chi connectivity index (χ0n) is 5.63. The van der Waals surface area contributed by atoms with E-state index in [0.29, 0.717) is 5.57 Å². The molecule has 0 fully saturated rings. The first-order valence-corrected chi connectivity index (χ1v) is 2.74. The second-order valence-corrected chi connectivity index (χ2v) is 2.08. The van der Waals surface area contributed by atoms with Crippen LogP contribution in [0.25, 0.3) is 0 Å². The Kier molecular flexibility index (Phi) is 3.27. The van der Waals surface area contributed by atoms with Crippen molar-refractivity contribution in [1.29, 1.82) is 0 Å². The minimum Gasteiger partial charge on any atom is -0.510 e. The van der Waals surface area contributed by atoms with Gasteiger partial charge in [0.2, 0.25) is 0 Å². The summed E-state index contributed by atoms with van der Waals surface area (Å²) in [5.74, 6) is -0.141. The first-order valence-electron chi connectivity index (χ1n) is 2.74. The summed E-state index contributed by atoms with van der Waals surface area (Å²) in [4.78, 5) is 0. The van der Waals surface area contributed by atoms with Crippen molar-refractivity contribution in [2.24, 2.45) is 0 Å². The molecule has 0 amide bonds. The van der Waals surface area contributed by atoms with E-state index in [1.165, 1.54) is 0 Å². The molecule has 0 aromatic heterocycles. The van der Waals surface area contributed by atoms with E-state index in [2.05, 4.69) is 0 Å². The van der Waals surface area contributed by atoms with E-state index in [-0.39, 0.29) is 5.76 Å². The zero-order valence-corrected chi connectivity index (χ0v) is 5.63. The lowest BCUT2D eigenvalue weighted by Crippen LogP contribution is -2.15. The van der Waals surface area contributed by atoms with Crippen LogP contribution >= 0.6 is 0 Å². The number of hydrogen-bond donors (Lipinski definition) is 3. The van der Waals surface area contributed by atoms with Gasteiger partial charge >= 0.3 is 0 Å². The SMILES string of the molecule is CC(C)=C(O)[C@H](O)CO. The highest BCUT2D eigenvalue weighted by molar-refractivity contribution is 5.05. The van der Waals surface area contributed by atoms with Crippen molar-refractivity contribution in [1.82, 2.24) is 0 Å². The molecule has 0 aliphatic heterocycles. The van der Waals surface area contributed by atoms with E-state index in [9.17, 15) is 0 Å². The highest BCUT2D eigenvalue weighted by atomic mass is 16.3. The van der Waals surface area contributed by atoms with E-state index < -0.39 is 12.7 Å². The van der Waals surface area contributed by atoms with Gasteiger partial charge in [-0.05, 0) is 19.4 Å². The molecule has 0 radical (unpaired) electrons. The summed E-state index contributed by atoms with van der Waals surface area (Å²) in [7, 11) is 0.